The van der Waals surface area contributed by atoms with Gasteiger partial charge in [0.1, 0.15) is 5.82 Å². The van der Waals surface area contributed by atoms with Crippen LogP contribution in [0.3, 0.4) is 0 Å². The van der Waals surface area contributed by atoms with Crippen LogP contribution in [0.1, 0.15) is 29.1 Å². The molecule has 0 amide bonds. The smallest absolute Gasteiger partial charge is 0.376 e. The molecule has 0 aliphatic carbocycles. The summed E-state index contributed by atoms with van der Waals surface area (Å²) in [5.74, 6) is 0.432. The highest BCUT2D eigenvalue weighted by Gasteiger charge is 2.18. The van der Waals surface area contributed by atoms with Gasteiger partial charge in [-0.2, -0.15) is 0 Å². The van der Waals surface area contributed by atoms with E-state index >= 15 is 0 Å². The summed E-state index contributed by atoms with van der Waals surface area (Å²) in [5, 5.41) is 9.64. The van der Waals surface area contributed by atoms with Crippen LogP contribution in [0.15, 0.2) is 10.9 Å². The van der Waals surface area contributed by atoms with Crippen molar-refractivity contribution >= 4 is 17.3 Å². The van der Waals surface area contributed by atoms with Gasteiger partial charge in [0, 0.05) is 5.38 Å². The molecule has 2 rings (SSSR count). The number of hydrogen-bond donors (Lipinski definition) is 0. The van der Waals surface area contributed by atoms with Gasteiger partial charge in [-0.15, -0.1) is 21.5 Å². The average molecular weight is 252 g/mol. The van der Waals surface area contributed by atoms with Crippen molar-refractivity contribution in [3.05, 3.63) is 28.2 Å². The first kappa shape index (κ1) is 11.7. The minimum absolute atomic E-state index is 0.220. The minimum atomic E-state index is -0.455. The Hall–Kier alpha value is -1.76. The van der Waals surface area contributed by atoms with E-state index < -0.39 is 5.97 Å². The van der Waals surface area contributed by atoms with Crippen molar-refractivity contribution in [3.8, 4) is 0 Å². The van der Waals surface area contributed by atoms with E-state index in [0.717, 1.165) is 5.69 Å². The summed E-state index contributed by atoms with van der Waals surface area (Å²) < 4.78 is 6.62. The fourth-order valence-electron chi connectivity index (χ4n) is 1.39. The average Bonchev–Trinajstić information content (AvgIpc) is 2.91. The van der Waals surface area contributed by atoms with Gasteiger partial charge in [-0.3, -0.25) is 4.57 Å². The summed E-state index contributed by atoms with van der Waals surface area (Å²) in [6, 6.07) is 0. The Kier molecular flexibility index (Phi) is 3.48. The molecule has 90 valence electrons. The van der Waals surface area contributed by atoms with E-state index in [2.05, 4.69) is 15.2 Å². The van der Waals surface area contributed by atoms with Crippen molar-refractivity contribution in [1.29, 1.82) is 0 Å². The highest BCUT2D eigenvalue weighted by molar-refractivity contribution is 7.07. The normalized spacial score (nSPS) is 10.5. The second-order valence-electron chi connectivity index (χ2n) is 3.36. The number of aryl methyl sites for hydroxylation is 1. The summed E-state index contributed by atoms with van der Waals surface area (Å²) in [6.07, 6.45) is 0. The number of rotatable bonds is 4. The molecule has 0 saturated heterocycles. The minimum Gasteiger partial charge on any atom is -0.460 e. The van der Waals surface area contributed by atoms with E-state index in [1.54, 1.807) is 23.9 Å². The largest absolute Gasteiger partial charge is 0.460 e. The summed E-state index contributed by atoms with van der Waals surface area (Å²) >= 11 is 1.51. The zero-order chi connectivity index (χ0) is 12.3. The quantitative estimate of drug-likeness (QED) is 0.766. The Morgan fingerprint density at radius 3 is 3.00 bits per heavy atom. The van der Waals surface area contributed by atoms with E-state index in [9.17, 15) is 4.79 Å². The van der Waals surface area contributed by atoms with Crippen molar-refractivity contribution in [2.75, 3.05) is 6.61 Å². The van der Waals surface area contributed by atoms with Crippen LogP contribution in [0.5, 0.6) is 0 Å². The molecule has 7 heteroatoms. The molecule has 0 unspecified atom stereocenters. The van der Waals surface area contributed by atoms with Crippen LogP contribution in [-0.2, 0) is 11.3 Å². The Labute approximate surface area is 102 Å². The van der Waals surface area contributed by atoms with Crippen LogP contribution in [0, 0.1) is 6.92 Å². The molecule has 2 heterocycles. The summed E-state index contributed by atoms with van der Waals surface area (Å²) in [6.45, 7) is 4.35. The number of esters is 1. The maximum atomic E-state index is 11.6. The number of hydrogen-bond acceptors (Lipinski definition) is 6. The molecule has 0 bridgehead atoms. The highest BCUT2D eigenvalue weighted by Crippen LogP contribution is 2.09. The van der Waals surface area contributed by atoms with Gasteiger partial charge in [0.05, 0.1) is 24.4 Å². The SMILES string of the molecule is CCOC(=O)c1nnc(C)n1Cc1cscn1. The summed E-state index contributed by atoms with van der Waals surface area (Å²) in [7, 11) is 0. The standard InChI is InChI=1S/C10H12N4O2S/c1-3-16-10(15)9-13-12-7(2)14(9)4-8-5-17-6-11-8/h5-6H,3-4H2,1-2H3. The van der Waals surface area contributed by atoms with Gasteiger partial charge in [-0.05, 0) is 13.8 Å². The third-order valence-electron chi connectivity index (χ3n) is 2.20. The molecule has 2 aromatic rings. The van der Waals surface area contributed by atoms with Gasteiger partial charge in [-0.25, -0.2) is 9.78 Å². The Balaban J connectivity index is 2.26. The van der Waals surface area contributed by atoms with Crippen molar-refractivity contribution in [1.82, 2.24) is 19.7 Å². The third kappa shape index (κ3) is 2.50. The molecule has 0 N–H and O–H groups in total. The molecule has 0 aliphatic rings. The van der Waals surface area contributed by atoms with Crippen LogP contribution < -0.4 is 0 Å². The van der Waals surface area contributed by atoms with Crippen molar-refractivity contribution in [2.45, 2.75) is 20.4 Å². The first-order chi connectivity index (χ1) is 8.22. The van der Waals surface area contributed by atoms with Gasteiger partial charge < -0.3 is 4.74 Å². The van der Waals surface area contributed by atoms with E-state index in [1.807, 2.05) is 5.38 Å². The molecule has 0 atom stereocenters. The molecule has 0 spiro atoms. The number of carbonyl (C=O) groups excluding carboxylic acids is 1. The Bertz CT molecular complexity index is 506. The van der Waals surface area contributed by atoms with Gasteiger partial charge in [0.25, 0.3) is 0 Å². The molecule has 2 aromatic heterocycles. The lowest BCUT2D eigenvalue weighted by molar-refractivity contribution is 0.0506. The predicted octanol–water partition coefficient (Wildman–Crippen LogP) is 1.27. The maximum absolute atomic E-state index is 11.6. The van der Waals surface area contributed by atoms with E-state index in [4.69, 9.17) is 4.74 Å². The molecular formula is C10H12N4O2S. The van der Waals surface area contributed by atoms with Crippen LogP contribution >= 0.6 is 11.3 Å². The van der Waals surface area contributed by atoms with Gasteiger partial charge >= 0.3 is 5.97 Å². The van der Waals surface area contributed by atoms with Crippen molar-refractivity contribution < 1.29 is 9.53 Å². The lowest BCUT2D eigenvalue weighted by Gasteiger charge is -2.05. The second-order valence-corrected chi connectivity index (χ2v) is 4.08. The van der Waals surface area contributed by atoms with Gasteiger partial charge in [0.2, 0.25) is 5.82 Å². The van der Waals surface area contributed by atoms with Gasteiger partial charge in [0.15, 0.2) is 0 Å². The summed E-state index contributed by atoms with van der Waals surface area (Å²) in [4.78, 5) is 15.8. The fraction of sp³-hybridized carbons (Fsp3) is 0.400. The number of carbonyl (C=O) groups is 1. The predicted molar refractivity (Wildman–Crippen MR) is 61.9 cm³/mol. The van der Waals surface area contributed by atoms with E-state index in [-0.39, 0.29) is 5.82 Å². The topological polar surface area (TPSA) is 69.9 Å². The number of nitrogens with zero attached hydrogens (tertiary/aromatic N) is 4. The maximum Gasteiger partial charge on any atom is 0.376 e. The van der Waals surface area contributed by atoms with E-state index in [0.29, 0.717) is 19.0 Å². The molecular weight excluding hydrogens is 240 g/mol. The van der Waals surface area contributed by atoms with Crippen LogP contribution in [-0.4, -0.2) is 32.3 Å². The Morgan fingerprint density at radius 1 is 1.53 bits per heavy atom. The lowest BCUT2D eigenvalue weighted by Crippen LogP contribution is -2.15. The highest BCUT2D eigenvalue weighted by atomic mass is 32.1. The molecule has 0 aromatic carbocycles. The molecule has 0 radical (unpaired) electrons. The van der Waals surface area contributed by atoms with Crippen LogP contribution in [0.4, 0.5) is 0 Å². The third-order valence-corrected chi connectivity index (χ3v) is 2.83. The molecule has 0 fully saturated rings. The van der Waals surface area contributed by atoms with Crippen molar-refractivity contribution in [3.63, 3.8) is 0 Å². The molecule has 0 saturated carbocycles. The molecule has 6 nitrogen and oxygen atoms in total. The second kappa shape index (κ2) is 5.05. The van der Waals surface area contributed by atoms with Gasteiger partial charge in [-0.1, -0.05) is 0 Å². The zero-order valence-corrected chi connectivity index (χ0v) is 10.4. The van der Waals surface area contributed by atoms with Crippen LogP contribution in [0.2, 0.25) is 0 Å². The number of ether oxygens (including phenoxy) is 1. The summed E-state index contributed by atoms with van der Waals surface area (Å²) in [5.41, 5.74) is 2.63. The van der Waals surface area contributed by atoms with Crippen LogP contribution in [0.25, 0.3) is 0 Å². The van der Waals surface area contributed by atoms with E-state index in [1.165, 1.54) is 11.3 Å². The monoisotopic (exact) mass is 252 g/mol. The Morgan fingerprint density at radius 2 is 2.35 bits per heavy atom. The lowest BCUT2D eigenvalue weighted by atomic mass is 10.4. The first-order valence-electron chi connectivity index (χ1n) is 5.16. The molecule has 0 aliphatic heterocycles. The molecule has 17 heavy (non-hydrogen) atoms. The number of thiazole rings is 1. The fourth-order valence-corrected chi connectivity index (χ4v) is 1.94. The zero-order valence-electron chi connectivity index (χ0n) is 9.58. The van der Waals surface area contributed by atoms with Crippen molar-refractivity contribution in [2.24, 2.45) is 0 Å². The first-order valence-corrected chi connectivity index (χ1v) is 6.10. The number of aromatic nitrogens is 4.